The van der Waals surface area contributed by atoms with Gasteiger partial charge in [-0.25, -0.2) is 19.6 Å². The van der Waals surface area contributed by atoms with Crippen molar-refractivity contribution in [2.45, 2.75) is 19.0 Å². The summed E-state index contributed by atoms with van der Waals surface area (Å²) in [6.07, 6.45) is -3.60. The first-order chi connectivity index (χ1) is 18.1. The van der Waals surface area contributed by atoms with Crippen LogP contribution < -0.4 is 20.3 Å². The summed E-state index contributed by atoms with van der Waals surface area (Å²) in [7, 11) is 0. The molecule has 1 aliphatic heterocycles. The molecule has 3 aromatic rings. The Bertz CT molecular complexity index is 1340. The third-order valence-corrected chi connectivity index (χ3v) is 5.27. The lowest BCUT2D eigenvalue weighted by Crippen LogP contribution is -2.34. The Morgan fingerprint density at radius 3 is 2.55 bits per heavy atom. The van der Waals surface area contributed by atoms with Crippen molar-refractivity contribution in [3.63, 3.8) is 0 Å². The standard InChI is InChI=1S/C24H20F3N5O6/c25-24(26,27)38-18-6-1-3-14(7-18)9-29-22-30-10-16(11-31-22)20(33)28-12-19-13-32(23(36)37-19)17-5-2-4-15(8-17)21(34)35/h1-8,10-11,19H,9,12-13H2,(H,28,33)(H,34,35)(H,29,30,31)/t19-/m0/s1. The number of hydrogen-bond acceptors (Lipinski definition) is 8. The van der Waals surface area contributed by atoms with Gasteiger partial charge in [-0.1, -0.05) is 18.2 Å². The fraction of sp³-hybridized carbons (Fsp3) is 0.208. The van der Waals surface area contributed by atoms with Crippen molar-refractivity contribution < 1.29 is 42.1 Å². The van der Waals surface area contributed by atoms with Gasteiger partial charge >= 0.3 is 18.4 Å². The van der Waals surface area contributed by atoms with E-state index in [1.165, 1.54) is 53.7 Å². The molecule has 0 radical (unpaired) electrons. The molecule has 2 amide bonds. The van der Waals surface area contributed by atoms with Gasteiger partial charge in [-0.3, -0.25) is 9.69 Å². The maximum atomic E-state index is 12.5. The van der Waals surface area contributed by atoms with E-state index in [0.29, 0.717) is 11.3 Å². The number of cyclic esters (lactones) is 1. The lowest BCUT2D eigenvalue weighted by Gasteiger charge is -2.13. The number of carbonyl (C=O) groups is 3. The number of hydrogen-bond donors (Lipinski definition) is 3. The molecule has 0 bridgehead atoms. The van der Waals surface area contributed by atoms with Crippen LogP contribution in [0.15, 0.2) is 60.9 Å². The largest absolute Gasteiger partial charge is 0.573 e. The maximum Gasteiger partial charge on any atom is 0.573 e. The zero-order valence-electron chi connectivity index (χ0n) is 19.4. The van der Waals surface area contributed by atoms with Crippen molar-refractivity contribution in [2.24, 2.45) is 0 Å². The lowest BCUT2D eigenvalue weighted by atomic mass is 10.2. The minimum atomic E-state index is -4.79. The monoisotopic (exact) mass is 531 g/mol. The van der Waals surface area contributed by atoms with Crippen LogP contribution in [-0.2, 0) is 11.3 Å². The summed E-state index contributed by atoms with van der Waals surface area (Å²) >= 11 is 0. The summed E-state index contributed by atoms with van der Waals surface area (Å²) < 4.78 is 46.3. The van der Waals surface area contributed by atoms with Crippen molar-refractivity contribution in [3.8, 4) is 5.75 Å². The lowest BCUT2D eigenvalue weighted by molar-refractivity contribution is -0.274. The van der Waals surface area contributed by atoms with Crippen LogP contribution in [0.25, 0.3) is 0 Å². The molecule has 1 saturated heterocycles. The zero-order valence-corrected chi connectivity index (χ0v) is 19.4. The van der Waals surface area contributed by atoms with Crippen LogP contribution in [-0.4, -0.2) is 58.6 Å². The molecule has 1 aromatic heterocycles. The van der Waals surface area contributed by atoms with Crippen LogP contribution in [0, 0.1) is 0 Å². The zero-order chi connectivity index (χ0) is 27.3. The highest BCUT2D eigenvalue weighted by Crippen LogP contribution is 2.24. The average Bonchev–Trinajstić information content (AvgIpc) is 3.26. The number of rotatable bonds is 9. The van der Waals surface area contributed by atoms with Crippen molar-refractivity contribution in [3.05, 3.63) is 77.6 Å². The Hall–Kier alpha value is -4.88. The van der Waals surface area contributed by atoms with E-state index in [1.807, 2.05) is 0 Å². The molecule has 4 rings (SSSR count). The molecule has 0 unspecified atom stereocenters. The molecule has 0 saturated carbocycles. The first-order valence-corrected chi connectivity index (χ1v) is 11.1. The van der Waals surface area contributed by atoms with Crippen molar-refractivity contribution in [2.75, 3.05) is 23.3 Å². The highest BCUT2D eigenvalue weighted by atomic mass is 19.4. The van der Waals surface area contributed by atoms with E-state index in [2.05, 4.69) is 25.3 Å². The van der Waals surface area contributed by atoms with Crippen LogP contribution in [0.4, 0.5) is 29.6 Å². The molecule has 1 atom stereocenters. The SMILES string of the molecule is O=C(O)c1cccc(N2C[C@H](CNC(=O)c3cnc(NCc4cccc(OC(F)(F)F)c4)nc3)OC2=O)c1. The number of nitrogens with one attached hydrogen (secondary N) is 2. The fourth-order valence-corrected chi connectivity index (χ4v) is 3.52. The average molecular weight is 531 g/mol. The highest BCUT2D eigenvalue weighted by molar-refractivity contribution is 5.95. The minimum absolute atomic E-state index is 0.00394. The van der Waals surface area contributed by atoms with Gasteiger partial charge in [0.05, 0.1) is 24.2 Å². The van der Waals surface area contributed by atoms with E-state index in [4.69, 9.17) is 9.84 Å². The van der Waals surface area contributed by atoms with E-state index in [1.54, 1.807) is 12.1 Å². The quantitative estimate of drug-likeness (QED) is 0.378. The normalized spacial score (nSPS) is 15.1. The molecule has 0 spiro atoms. The van der Waals surface area contributed by atoms with Crippen molar-refractivity contribution in [1.82, 2.24) is 15.3 Å². The first-order valence-electron chi connectivity index (χ1n) is 11.1. The van der Waals surface area contributed by atoms with Gasteiger partial charge in [-0.15, -0.1) is 13.2 Å². The number of benzene rings is 2. The molecule has 2 aromatic carbocycles. The number of carboxylic acid groups (broad SMARTS) is 1. The number of amides is 2. The van der Waals surface area contributed by atoms with Gasteiger partial charge in [0, 0.05) is 24.6 Å². The molecule has 0 aliphatic carbocycles. The summed E-state index contributed by atoms with van der Waals surface area (Å²) in [5.41, 5.74) is 1.01. The Kier molecular flexibility index (Phi) is 7.60. The number of ether oxygens (including phenoxy) is 2. The molecule has 1 aliphatic rings. The smallest absolute Gasteiger partial charge is 0.478 e. The number of carboxylic acids is 1. The second kappa shape index (κ2) is 11.0. The van der Waals surface area contributed by atoms with Gasteiger partial charge in [-0.05, 0) is 35.9 Å². The van der Waals surface area contributed by atoms with Gasteiger partial charge in [0.1, 0.15) is 11.9 Å². The molecular formula is C24H20F3N5O6. The van der Waals surface area contributed by atoms with E-state index < -0.39 is 30.4 Å². The summed E-state index contributed by atoms with van der Waals surface area (Å²) in [6, 6.07) is 11.3. The number of nitrogens with zero attached hydrogens (tertiary/aromatic N) is 3. The van der Waals surface area contributed by atoms with Crippen molar-refractivity contribution >= 4 is 29.6 Å². The molecular weight excluding hydrogens is 511 g/mol. The Balaban J connectivity index is 1.27. The molecule has 11 nitrogen and oxygen atoms in total. The second-order valence-electron chi connectivity index (χ2n) is 8.03. The Morgan fingerprint density at radius 2 is 1.84 bits per heavy atom. The van der Waals surface area contributed by atoms with E-state index in [-0.39, 0.29) is 42.5 Å². The Labute approximate surface area is 213 Å². The summed E-state index contributed by atoms with van der Waals surface area (Å²) in [5.74, 6) is -1.85. The number of aromatic nitrogens is 2. The summed E-state index contributed by atoms with van der Waals surface area (Å²) in [5, 5.41) is 14.6. The van der Waals surface area contributed by atoms with Gasteiger partial charge in [0.2, 0.25) is 5.95 Å². The van der Waals surface area contributed by atoms with Crippen LogP contribution in [0.5, 0.6) is 5.75 Å². The predicted octanol–water partition coefficient (Wildman–Crippen LogP) is 3.44. The van der Waals surface area contributed by atoms with Crippen LogP contribution in [0.1, 0.15) is 26.3 Å². The number of halogens is 3. The van der Waals surface area contributed by atoms with E-state index in [0.717, 1.165) is 0 Å². The van der Waals surface area contributed by atoms with Crippen LogP contribution in [0.3, 0.4) is 0 Å². The van der Waals surface area contributed by atoms with E-state index in [9.17, 15) is 27.6 Å². The molecule has 2 heterocycles. The second-order valence-corrected chi connectivity index (χ2v) is 8.03. The molecule has 3 N–H and O–H groups in total. The number of carbonyl (C=O) groups excluding carboxylic acids is 2. The van der Waals surface area contributed by atoms with E-state index >= 15 is 0 Å². The molecule has 198 valence electrons. The fourth-order valence-electron chi connectivity index (χ4n) is 3.52. The van der Waals surface area contributed by atoms with Crippen LogP contribution >= 0.6 is 0 Å². The third kappa shape index (κ3) is 6.87. The van der Waals surface area contributed by atoms with Gasteiger partial charge in [0.25, 0.3) is 5.91 Å². The predicted molar refractivity (Wildman–Crippen MR) is 126 cm³/mol. The third-order valence-electron chi connectivity index (χ3n) is 5.27. The van der Waals surface area contributed by atoms with Gasteiger partial charge < -0.3 is 25.2 Å². The molecule has 38 heavy (non-hydrogen) atoms. The number of alkyl halides is 3. The summed E-state index contributed by atoms with van der Waals surface area (Å²) in [6.45, 7) is 0.215. The summed E-state index contributed by atoms with van der Waals surface area (Å²) in [4.78, 5) is 45.2. The minimum Gasteiger partial charge on any atom is -0.478 e. The maximum absolute atomic E-state index is 12.5. The van der Waals surface area contributed by atoms with Crippen molar-refractivity contribution in [1.29, 1.82) is 0 Å². The topological polar surface area (TPSA) is 143 Å². The number of aromatic carboxylic acids is 1. The molecule has 14 heteroatoms. The highest BCUT2D eigenvalue weighted by Gasteiger charge is 2.33. The number of anilines is 2. The van der Waals surface area contributed by atoms with Crippen LogP contribution in [0.2, 0.25) is 0 Å². The molecule has 1 fully saturated rings. The van der Waals surface area contributed by atoms with Gasteiger partial charge in [0.15, 0.2) is 0 Å². The van der Waals surface area contributed by atoms with Gasteiger partial charge in [-0.2, -0.15) is 0 Å². The Morgan fingerprint density at radius 1 is 1.11 bits per heavy atom. The first kappa shape index (κ1) is 26.2.